The summed E-state index contributed by atoms with van der Waals surface area (Å²) in [6.45, 7) is 8.88. The summed E-state index contributed by atoms with van der Waals surface area (Å²) >= 11 is 0. The molecule has 6 nitrogen and oxygen atoms in total. The largest absolute Gasteiger partial charge is 0.376 e. The average Bonchev–Trinajstić information content (AvgIpc) is 2.82. The Morgan fingerprint density at radius 3 is 2.61 bits per heavy atom. The third kappa shape index (κ3) is 8.77. The van der Waals surface area contributed by atoms with Gasteiger partial charge in [0.2, 0.25) is 0 Å². The van der Waals surface area contributed by atoms with E-state index >= 15 is 0 Å². The smallest absolute Gasteiger partial charge is 0.193 e. The van der Waals surface area contributed by atoms with Crippen LogP contribution in [0, 0.1) is 0 Å². The van der Waals surface area contributed by atoms with Gasteiger partial charge in [-0.1, -0.05) is 18.2 Å². The monoisotopic (exact) mass is 544 g/mol. The lowest BCUT2D eigenvalue weighted by molar-refractivity contribution is -0.0721. The Labute approximate surface area is 205 Å². The zero-order chi connectivity index (χ0) is 21.0. The molecular formula is C24H41IN4O2. The van der Waals surface area contributed by atoms with Crippen LogP contribution >= 0.6 is 24.0 Å². The summed E-state index contributed by atoms with van der Waals surface area (Å²) in [4.78, 5) is 9.29. The van der Waals surface area contributed by atoms with E-state index in [2.05, 4.69) is 57.4 Å². The van der Waals surface area contributed by atoms with Gasteiger partial charge in [-0.05, 0) is 57.6 Å². The highest BCUT2D eigenvalue weighted by molar-refractivity contribution is 14.0. The number of hydrogen-bond acceptors (Lipinski definition) is 4. The number of likely N-dealkylation sites (tertiary alicyclic amines) is 1. The molecular weight excluding hydrogens is 503 g/mol. The van der Waals surface area contributed by atoms with Crippen molar-refractivity contribution >= 4 is 35.6 Å². The van der Waals surface area contributed by atoms with Crippen LogP contribution in [-0.2, 0) is 9.47 Å². The van der Waals surface area contributed by atoms with Crippen LogP contribution in [0.2, 0.25) is 0 Å². The van der Waals surface area contributed by atoms with Gasteiger partial charge in [-0.3, -0.25) is 4.99 Å². The molecule has 2 saturated heterocycles. The molecule has 0 spiro atoms. The minimum atomic E-state index is 0. The number of nitrogens with zero attached hydrogens (tertiary/aromatic N) is 3. The standard InChI is InChI=1S/C24H40N4O2.HI/c1-3-27(21-10-5-4-6-11-21)16-9-15-26-24(25-2)28-17-13-22(14-18-28)30-20-23-12-7-8-19-29-23;/h4-6,10-11,22-23H,3,7-9,12-20H2,1-2H3,(H,25,26);1H. The molecule has 7 heteroatoms. The van der Waals surface area contributed by atoms with Gasteiger partial charge in [-0.25, -0.2) is 0 Å². The Bertz CT molecular complexity index is 617. The Hall–Kier alpha value is -1.06. The Kier molecular flexibility index (Phi) is 12.6. The van der Waals surface area contributed by atoms with E-state index in [1.165, 1.54) is 18.5 Å². The first-order valence-electron chi connectivity index (χ1n) is 11.8. The van der Waals surface area contributed by atoms with Gasteiger partial charge in [0, 0.05) is 52.1 Å². The van der Waals surface area contributed by atoms with Crippen molar-refractivity contribution in [2.45, 2.75) is 57.7 Å². The topological polar surface area (TPSA) is 49.3 Å². The van der Waals surface area contributed by atoms with Crippen molar-refractivity contribution in [3.05, 3.63) is 30.3 Å². The number of guanidine groups is 1. The van der Waals surface area contributed by atoms with Crippen molar-refractivity contribution < 1.29 is 9.47 Å². The van der Waals surface area contributed by atoms with Crippen LogP contribution < -0.4 is 10.2 Å². The lowest BCUT2D eigenvalue weighted by atomic mass is 10.1. The van der Waals surface area contributed by atoms with Gasteiger partial charge in [-0.2, -0.15) is 0 Å². The number of hydrogen-bond donors (Lipinski definition) is 1. The van der Waals surface area contributed by atoms with Gasteiger partial charge in [0.15, 0.2) is 5.96 Å². The number of aliphatic imine (C=N–C) groups is 1. The molecule has 2 aliphatic rings. The Morgan fingerprint density at radius 2 is 1.97 bits per heavy atom. The maximum absolute atomic E-state index is 6.15. The molecule has 0 aliphatic carbocycles. The first-order chi connectivity index (χ1) is 14.8. The van der Waals surface area contributed by atoms with Crippen molar-refractivity contribution in [3.8, 4) is 0 Å². The van der Waals surface area contributed by atoms with Gasteiger partial charge in [0.25, 0.3) is 0 Å². The van der Waals surface area contributed by atoms with E-state index in [0.29, 0.717) is 12.2 Å². The minimum Gasteiger partial charge on any atom is -0.376 e. The molecule has 2 aliphatic heterocycles. The molecule has 0 saturated carbocycles. The number of ether oxygens (including phenoxy) is 2. The summed E-state index contributed by atoms with van der Waals surface area (Å²) in [7, 11) is 1.88. The van der Waals surface area contributed by atoms with E-state index in [1.54, 1.807) is 0 Å². The van der Waals surface area contributed by atoms with Crippen molar-refractivity contribution in [1.82, 2.24) is 10.2 Å². The van der Waals surface area contributed by atoms with Crippen LogP contribution in [0.1, 0.15) is 45.4 Å². The quantitative estimate of drug-likeness (QED) is 0.219. The predicted octanol–water partition coefficient (Wildman–Crippen LogP) is 4.15. The summed E-state index contributed by atoms with van der Waals surface area (Å²) in [6.07, 6.45) is 7.49. The van der Waals surface area contributed by atoms with Crippen LogP contribution in [-0.4, -0.2) is 76.1 Å². The molecule has 0 radical (unpaired) electrons. The van der Waals surface area contributed by atoms with Crippen LogP contribution in [0.5, 0.6) is 0 Å². The number of benzene rings is 1. The Balaban J connectivity index is 0.00000341. The normalized spacial score (nSPS) is 20.3. The number of halogens is 1. The summed E-state index contributed by atoms with van der Waals surface area (Å²) in [5, 5.41) is 3.56. The zero-order valence-corrected chi connectivity index (χ0v) is 21.6. The molecule has 3 rings (SSSR count). The van der Waals surface area contributed by atoms with Crippen molar-refractivity contribution in [2.75, 3.05) is 57.9 Å². The average molecular weight is 545 g/mol. The highest BCUT2D eigenvalue weighted by atomic mass is 127. The van der Waals surface area contributed by atoms with Crippen molar-refractivity contribution in [1.29, 1.82) is 0 Å². The van der Waals surface area contributed by atoms with E-state index in [-0.39, 0.29) is 24.0 Å². The fourth-order valence-corrected chi connectivity index (χ4v) is 4.33. The second-order valence-corrected chi connectivity index (χ2v) is 8.25. The SMILES string of the molecule is CCN(CCCNC(=NC)N1CCC(OCC2CCCCO2)CC1)c1ccccc1.I. The van der Waals surface area contributed by atoms with E-state index < -0.39 is 0 Å². The highest BCUT2D eigenvalue weighted by Crippen LogP contribution is 2.18. The van der Waals surface area contributed by atoms with Crippen LogP contribution in [0.15, 0.2) is 35.3 Å². The first-order valence-corrected chi connectivity index (χ1v) is 11.8. The molecule has 2 fully saturated rings. The summed E-state index contributed by atoms with van der Waals surface area (Å²) in [5.41, 5.74) is 1.30. The summed E-state index contributed by atoms with van der Waals surface area (Å²) < 4.78 is 11.9. The molecule has 176 valence electrons. The van der Waals surface area contributed by atoms with E-state index in [1.807, 2.05) is 7.05 Å². The second kappa shape index (κ2) is 14.9. The van der Waals surface area contributed by atoms with Gasteiger partial charge in [0.1, 0.15) is 0 Å². The lowest BCUT2D eigenvalue weighted by Crippen LogP contribution is -2.47. The van der Waals surface area contributed by atoms with Gasteiger partial charge < -0.3 is 24.6 Å². The number of piperidine rings is 1. The lowest BCUT2D eigenvalue weighted by Gasteiger charge is -2.35. The predicted molar refractivity (Wildman–Crippen MR) is 140 cm³/mol. The number of anilines is 1. The third-order valence-corrected chi connectivity index (χ3v) is 6.14. The Morgan fingerprint density at radius 1 is 1.19 bits per heavy atom. The molecule has 1 aromatic rings. The third-order valence-electron chi connectivity index (χ3n) is 6.14. The second-order valence-electron chi connectivity index (χ2n) is 8.25. The van der Waals surface area contributed by atoms with E-state index in [0.717, 1.165) is 77.6 Å². The van der Waals surface area contributed by atoms with Gasteiger partial charge >= 0.3 is 0 Å². The first kappa shape index (κ1) is 26.2. The molecule has 1 unspecified atom stereocenters. The fourth-order valence-electron chi connectivity index (χ4n) is 4.33. The molecule has 1 atom stereocenters. The summed E-state index contributed by atoms with van der Waals surface area (Å²) in [6, 6.07) is 10.6. The molecule has 1 N–H and O–H groups in total. The number of rotatable bonds is 9. The number of nitrogens with one attached hydrogen (secondary N) is 1. The maximum atomic E-state index is 6.15. The molecule has 1 aromatic carbocycles. The molecule has 0 aromatic heterocycles. The fraction of sp³-hybridized carbons (Fsp3) is 0.708. The van der Waals surface area contributed by atoms with E-state index in [4.69, 9.17) is 9.47 Å². The zero-order valence-electron chi connectivity index (χ0n) is 19.3. The van der Waals surface area contributed by atoms with Gasteiger partial charge in [0.05, 0.1) is 18.8 Å². The molecule has 2 heterocycles. The highest BCUT2D eigenvalue weighted by Gasteiger charge is 2.23. The van der Waals surface area contributed by atoms with Crippen LogP contribution in [0.4, 0.5) is 5.69 Å². The molecule has 0 amide bonds. The van der Waals surface area contributed by atoms with Crippen molar-refractivity contribution in [3.63, 3.8) is 0 Å². The van der Waals surface area contributed by atoms with E-state index in [9.17, 15) is 0 Å². The number of para-hydroxylation sites is 1. The van der Waals surface area contributed by atoms with Gasteiger partial charge in [-0.15, -0.1) is 24.0 Å². The summed E-state index contributed by atoms with van der Waals surface area (Å²) in [5.74, 6) is 1.02. The molecule has 31 heavy (non-hydrogen) atoms. The van der Waals surface area contributed by atoms with Crippen LogP contribution in [0.25, 0.3) is 0 Å². The van der Waals surface area contributed by atoms with Crippen molar-refractivity contribution in [2.24, 2.45) is 4.99 Å². The van der Waals surface area contributed by atoms with Crippen LogP contribution in [0.3, 0.4) is 0 Å². The molecule has 0 bridgehead atoms. The maximum Gasteiger partial charge on any atom is 0.193 e. The minimum absolute atomic E-state index is 0.